The van der Waals surface area contributed by atoms with Gasteiger partial charge in [0.15, 0.2) is 0 Å². The molecule has 1 fully saturated rings. The molecule has 2 aromatic carbocycles. The third-order valence-corrected chi connectivity index (χ3v) is 7.19. The van der Waals surface area contributed by atoms with Crippen LogP contribution in [0, 0.1) is 0 Å². The van der Waals surface area contributed by atoms with Crippen molar-refractivity contribution >= 4 is 56.4 Å². The summed E-state index contributed by atoms with van der Waals surface area (Å²) in [4.78, 5) is 31.8. The van der Waals surface area contributed by atoms with E-state index in [1.807, 2.05) is 48.7 Å². The van der Waals surface area contributed by atoms with Crippen LogP contribution in [0.3, 0.4) is 0 Å². The second-order valence-corrected chi connectivity index (χ2v) is 9.37. The van der Waals surface area contributed by atoms with Crippen LogP contribution < -0.4 is 5.32 Å². The molecular formula is C27H25ClN4O3. The van der Waals surface area contributed by atoms with E-state index in [-0.39, 0.29) is 11.8 Å². The van der Waals surface area contributed by atoms with E-state index in [0.29, 0.717) is 21.7 Å². The number of aryl methyl sites for hydroxylation is 1. The molecule has 6 rings (SSSR count). The number of benzene rings is 2. The molecule has 0 radical (unpaired) electrons. The lowest BCUT2D eigenvalue weighted by molar-refractivity contribution is -0.122. The molecule has 0 saturated carbocycles. The normalized spacial score (nSPS) is 17.2. The molecule has 2 amide bonds. The molecule has 4 heterocycles. The van der Waals surface area contributed by atoms with Crippen molar-refractivity contribution in [2.24, 2.45) is 0 Å². The van der Waals surface area contributed by atoms with Gasteiger partial charge in [-0.2, -0.15) is 0 Å². The molecule has 8 heteroatoms. The molecular weight excluding hydrogens is 464 g/mol. The molecule has 0 bridgehead atoms. The number of carbonyl (C=O) groups is 2. The Morgan fingerprint density at radius 2 is 1.63 bits per heavy atom. The summed E-state index contributed by atoms with van der Waals surface area (Å²) in [6, 6.07) is 13.5. The quantitative estimate of drug-likeness (QED) is 0.401. The number of hydrogen-bond donors (Lipinski definition) is 2. The van der Waals surface area contributed by atoms with Crippen LogP contribution in [0.5, 0.6) is 0 Å². The lowest BCUT2D eigenvalue weighted by Crippen LogP contribution is -2.37. The van der Waals surface area contributed by atoms with Gasteiger partial charge in [0.25, 0.3) is 11.8 Å². The van der Waals surface area contributed by atoms with Gasteiger partial charge in [-0.1, -0.05) is 41.9 Å². The maximum atomic E-state index is 13.1. The minimum atomic E-state index is -0.386. The Morgan fingerprint density at radius 3 is 2.46 bits per heavy atom. The molecule has 0 aliphatic carbocycles. The first-order valence-electron chi connectivity index (χ1n) is 11.9. The Morgan fingerprint density at radius 1 is 0.886 bits per heavy atom. The highest BCUT2D eigenvalue weighted by molar-refractivity contribution is 6.51. The highest BCUT2D eigenvalue weighted by atomic mass is 35.5. The fourth-order valence-electron chi connectivity index (χ4n) is 5.23. The lowest BCUT2D eigenvalue weighted by atomic mass is 9.95. The van der Waals surface area contributed by atoms with E-state index in [1.165, 1.54) is 0 Å². The van der Waals surface area contributed by atoms with Crippen LogP contribution >= 0.6 is 11.6 Å². The fraction of sp³-hybridized carbons (Fsp3) is 0.259. The molecule has 4 aromatic rings. The number of fused-ring (bicyclic) bond motifs is 2. The minimum Gasteiger partial charge on any atom is -0.379 e. The van der Waals surface area contributed by atoms with Gasteiger partial charge in [0, 0.05) is 66.0 Å². The summed E-state index contributed by atoms with van der Waals surface area (Å²) >= 11 is 6.65. The van der Waals surface area contributed by atoms with Crippen LogP contribution in [-0.4, -0.2) is 59.1 Å². The summed E-state index contributed by atoms with van der Waals surface area (Å²) in [5.41, 5.74) is 4.00. The molecule has 0 spiro atoms. The number of aromatic nitrogens is 2. The van der Waals surface area contributed by atoms with Crippen LogP contribution in [0.1, 0.15) is 17.5 Å². The SMILES string of the molecule is O=C1NC(=O)C(c2cn(CCCN3CCOCC3)c3c(Cl)cccc23)=C1c1c[nH]c2ccccc12. The smallest absolute Gasteiger partial charge is 0.259 e. The number of nitrogens with zero attached hydrogens (tertiary/aromatic N) is 2. The number of rotatable bonds is 6. The molecule has 7 nitrogen and oxygen atoms in total. The zero-order valence-corrected chi connectivity index (χ0v) is 19.9. The maximum Gasteiger partial charge on any atom is 0.259 e. The Kier molecular flexibility index (Phi) is 5.68. The van der Waals surface area contributed by atoms with Crippen molar-refractivity contribution in [2.45, 2.75) is 13.0 Å². The zero-order chi connectivity index (χ0) is 23.9. The summed E-state index contributed by atoms with van der Waals surface area (Å²) in [5.74, 6) is -0.771. The Labute approximate surface area is 207 Å². The van der Waals surface area contributed by atoms with E-state index >= 15 is 0 Å². The summed E-state index contributed by atoms with van der Waals surface area (Å²) in [7, 11) is 0. The standard InChI is InChI=1S/C27H25ClN4O3/c28-21-7-3-6-18-20(16-32(25(18)21)10-4-9-31-11-13-35-14-12-31)24-23(26(33)30-27(24)34)19-15-29-22-8-2-1-5-17(19)22/h1-3,5-8,15-16,29H,4,9-14H2,(H,30,33,34). The predicted octanol–water partition coefficient (Wildman–Crippen LogP) is 4.07. The second kappa shape index (κ2) is 9.00. The van der Waals surface area contributed by atoms with Gasteiger partial charge in [0.1, 0.15) is 0 Å². The van der Waals surface area contributed by atoms with Gasteiger partial charge in [0.2, 0.25) is 0 Å². The number of aromatic amines is 1. The molecule has 35 heavy (non-hydrogen) atoms. The summed E-state index contributed by atoms with van der Waals surface area (Å²) in [6.45, 7) is 5.16. The number of imide groups is 1. The molecule has 2 N–H and O–H groups in total. The van der Waals surface area contributed by atoms with E-state index in [2.05, 4.69) is 19.8 Å². The first-order chi connectivity index (χ1) is 17.1. The molecule has 2 aliphatic rings. The summed E-state index contributed by atoms with van der Waals surface area (Å²) < 4.78 is 7.56. The fourth-order valence-corrected chi connectivity index (χ4v) is 5.51. The van der Waals surface area contributed by atoms with Gasteiger partial charge in [0.05, 0.1) is 34.9 Å². The zero-order valence-electron chi connectivity index (χ0n) is 19.1. The van der Waals surface area contributed by atoms with E-state index in [9.17, 15) is 9.59 Å². The van der Waals surface area contributed by atoms with E-state index in [4.69, 9.17) is 16.3 Å². The number of para-hydroxylation sites is 2. The second-order valence-electron chi connectivity index (χ2n) is 8.96. The van der Waals surface area contributed by atoms with Gasteiger partial charge in [-0.3, -0.25) is 19.8 Å². The topological polar surface area (TPSA) is 79.4 Å². The van der Waals surface area contributed by atoms with E-state index < -0.39 is 0 Å². The maximum absolute atomic E-state index is 13.1. The third kappa shape index (κ3) is 3.86. The Balaban J connectivity index is 1.45. The average Bonchev–Trinajstić information content (AvgIpc) is 3.53. The molecule has 178 valence electrons. The number of morpholine rings is 1. The van der Waals surface area contributed by atoms with Crippen LogP contribution in [0.25, 0.3) is 33.0 Å². The average molecular weight is 489 g/mol. The largest absolute Gasteiger partial charge is 0.379 e. The molecule has 2 aromatic heterocycles. The molecule has 0 atom stereocenters. The lowest BCUT2D eigenvalue weighted by Gasteiger charge is -2.26. The third-order valence-electron chi connectivity index (χ3n) is 6.89. The number of ether oxygens (including phenoxy) is 1. The van der Waals surface area contributed by atoms with Crippen molar-refractivity contribution in [1.82, 2.24) is 19.8 Å². The number of carbonyl (C=O) groups excluding carboxylic acids is 2. The van der Waals surface area contributed by atoms with Crippen LogP contribution in [0.15, 0.2) is 54.9 Å². The van der Waals surface area contributed by atoms with Gasteiger partial charge in [-0.05, 0) is 18.6 Å². The summed E-state index contributed by atoms with van der Waals surface area (Å²) in [5, 5.41) is 4.90. The van der Waals surface area contributed by atoms with Crippen molar-refractivity contribution in [1.29, 1.82) is 0 Å². The van der Waals surface area contributed by atoms with Crippen molar-refractivity contribution in [3.05, 3.63) is 71.0 Å². The van der Waals surface area contributed by atoms with Crippen LogP contribution in [-0.2, 0) is 20.9 Å². The number of amides is 2. The van der Waals surface area contributed by atoms with E-state index in [0.717, 1.165) is 73.2 Å². The first-order valence-corrected chi connectivity index (χ1v) is 12.2. The number of nitrogens with one attached hydrogen (secondary N) is 2. The number of hydrogen-bond acceptors (Lipinski definition) is 4. The van der Waals surface area contributed by atoms with E-state index in [1.54, 1.807) is 6.20 Å². The van der Waals surface area contributed by atoms with Crippen molar-refractivity contribution in [3.8, 4) is 0 Å². The van der Waals surface area contributed by atoms with Gasteiger partial charge in [-0.25, -0.2) is 0 Å². The van der Waals surface area contributed by atoms with Crippen molar-refractivity contribution in [3.63, 3.8) is 0 Å². The minimum absolute atomic E-state index is 0.384. The first kappa shape index (κ1) is 22.1. The molecule has 1 saturated heterocycles. The van der Waals surface area contributed by atoms with Crippen molar-refractivity contribution in [2.75, 3.05) is 32.8 Å². The molecule has 0 unspecified atom stereocenters. The van der Waals surface area contributed by atoms with Crippen LogP contribution in [0.2, 0.25) is 5.02 Å². The highest BCUT2D eigenvalue weighted by Crippen LogP contribution is 2.39. The van der Waals surface area contributed by atoms with Crippen LogP contribution in [0.4, 0.5) is 0 Å². The van der Waals surface area contributed by atoms with Gasteiger partial charge < -0.3 is 14.3 Å². The highest BCUT2D eigenvalue weighted by Gasteiger charge is 2.35. The monoisotopic (exact) mass is 488 g/mol. The van der Waals surface area contributed by atoms with Gasteiger partial charge in [-0.15, -0.1) is 0 Å². The van der Waals surface area contributed by atoms with Crippen molar-refractivity contribution < 1.29 is 14.3 Å². The summed E-state index contributed by atoms with van der Waals surface area (Å²) in [6.07, 6.45) is 4.71. The predicted molar refractivity (Wildman–Crippen MR) is 137 cm³/mol. The number of halogens is 1. The van der Waals surface area contributed by atoms with Gasteiger partial charge >= 0.3 is 0 Å². The molecule has 2 aliphatic heterocycles. The number of H-pyrrole nitrogens is 1. The Bertz CT molecular complexity index is 1490. The Hall–Kier alpha value is -3.39.